The fourth-order valence-corrected chi connectivity index (χ4v) is 4.69. The SMILES string of the molecule is COc1ccc(S(=O)(=O)N2CCC(C(=O)OCC=Cc3ccccc3)CC2)cc1. The average molecular weight is 416 g/mol. The molecule has 1 saturated heterocycles. The highest BCUT2D eigenvalue weighted by atomic mass is 32.2. The van der Waals surface area contributed by atoms with Gasteiger partial charge in [-0.2, -0.15) is 4.31 Å². The summed E-state index contributed by atoms with van der Waals surface area (Å²) in [5.41, 5.74) is 1.04. The summed E-state index contributed by atoms with van der Waals surface area (Å²) in [5.74, 6) is 0.0540. The normalized spacial score (nSPS) is 16.0. The molecule has 154 valence electrons. The lowest BCUT2D eigenvalue weighted by Crippen LogP contribution is -2.40. The number of carbonyl (C=O) groups excluding carboxylic acids is 1. The second-order valence-electron chi connectivity index (χ2n) is 6.80. The molecule has 0 N–H and O–H groups in total. The Morgan fingerprint density at radius 2 is 1.72 bits per heavy atom. The Labute approximate surface area is 171 Å². The zero-order valence-electron chi connectivity index (χ0n) is 16.4. The van der Waals surface area contributed by atoms with Crippen LogP contribution in [-0.2, 0) is 19.6 Å². The number of sulfonamides is 1. The van der Waals surface area contributed by atoms with Gasteiger partial charge in [-0.1, -0.05) is 36.4 Å². The van der Waals surface area contributed by atoms with Gasteiger partial charge >= 0.3 is 5.97 Å². The van der Waals surface area contributed by atoms with Gasteiger partial charge in [0, 0.05) is 13.1 Å². The van der Waals surface area contributed by atoms with E-state index in [-0.39, 0.29) is 23.4 Å². The van der Waals surface area contributed by atoms with Crippen molar-refractivity contribution in [2.75, 3.05) is 26.8 Å². The molecule has 0 aliphatic carbocycles. The number of rotatable bonds is 7. The lowest BCUT2D eigenvalue weighted by Gasteiger charge is -2.30. The molecule has 1 aliphatic heterocycles. The zero-order chi connectivity index (χ0) is 20.7. The van der Waals surface area contributed by atoms with Crippen LogP contribution in [-0.4, -0.2) is 45.5 Å². The van der Waals surface area contributed by atoms with Crippen LogP contribution < -0.4 is 4.74 Å². The van der Waals surface area contributed by atoms with Gasteiger partial charge in [-0.15, -0.1) is 0 Å². The van der Waals surface area contributed by atoms with E-state index >= 15 is 0 Å². The quantitative estimate of drug-likeness (QED) is 0.649. The van der Waals surface area contributed by atoms with E-state index in [1.165, 1.54) is 23.5 Å². The molecule has 0 unspecified atom stereocenters. The smallest absolute Gasteiger partial charge is 0.309 e. The van der Waals surface area contributed by atoms with Gasteiger partial charge in [0.2, 0.25) is 10.0 Å². The molecule has 2 aromatic rings. The number of carbonyl (C=O) groups is 1. The van der Waals surface area contributed by atoms with Crippen LogP contribution >= 0.6 is 0 Å². The summed E-state index contributed by atoms with van der Waals surface area (Å²) in [6, 6.07) is 16.1. The van der Waals surface area contributed by atoms with E-state index in [1.807, 2.05) is 36.4 Å². The fourth-order valence-electron chi connectivity index (χ4n) is 3.23. The first-order valence-electron chi connectivity index (χ1n) is 9.53. The standard InChI is InChI=1S/C22H25NO5S/c1-27-20-9-11-21(12-10-20)29(25,26)23-15-13-19(14-16-23)22(24)28-17-5-8-18-6-3-2-4-7-18/h2-12,19H,13-17H2,1H3. The predicted octanol–water partition coefficient (Wildman–Crippen LogP) is 3.35. The maximum Gasteiger partial charge on any atom is 0.309 e. The molecule has 3 rings (SSSR count). The lowest BCUT2D eigenvalue weighted by atomic mass is 9.98. The van der Waals surface area contributed by atoms with E-state index in [4.69, 9.17) is 9.47 Å². The van der Waals surface area contributed by atoms with Crippen molar-refractivity contribution in [2.24, 2.45) is 5.92 Å². The number of methoxy groups -OCH3 is 1. The van der Waals surface area contributed by atoms with E-state index in [9.17, 15) is 13.2 Å². The van der Waals surface area contributed by atoms with Crippen LogP contribution in [0.25, 0.3) is 6.08 Å². The van der Waals surface area contributed by atoms with Crippen molar-refractivity contribution >= 4 is 22.1 Å². The first-order chi connectivity index (χ1) is 14.0. The van der Waals surface area contributed by atoms with E-state index in [0.717, 1.165) is 5.56 Å². The Balaban J connectivity index is 1.49. The molecule has 0 bridgehead atoms. The summed E-state index contributed by atoms with van der Waals surface area (Å²) in [5, 5.41) is 0. The van der Waals surface area contributed by atoms with Crippen molar-refractivity contribution in [3.8, 4) is 5.75 Å². The average Bonchev–Trinajstić information content (AvgIpc) is 2.77. The molecular formula is C22H25NO5S. The summed E-state index contributed by atoms with van der Waals surface area (Å²) in [6.45, 7) is 0.806. The number of benzene rings is 2. The van der Waals surface area contributed by atoms with Crippen molar-refractivity contribution in [1.82, 2.24) is 4.31 Å². The number of ether oxygens (including phenoxy) is 2. The molecule has 1 heterocycles. The number of esters is 1. The predicted molar refractivity (Wildman–Crippen MR) is 111 cm³/mol. The molecule has 0 amide bonds. The maximum atomic E-state index is 12.8. The Hall–Kier alpha value is -2.64. The molecule has 2 aromatic carbocycles. The maximum absolute atomic E-state index is 12.8. The lowest BCUT2D eigenvalue weighted by molar-refractivity contribution is -0.148. The van der Waals surface area contributed by atoms with Crippen molar-refractivity contribution in [2.45, 2.75) is 17.7 Å². The van der Waals surface area contributed by atoms with Crippen molar-refractivity contribution in [3.63, 3.8) is 0 Å². The molecule has 0 saturated carbocycles. The van der Waals surface area contributed by atoms with Crippen LogP contribution in [0.4, 0.5) is 0 Å². The highest BCUT2D eigenvalue weighted by Gasteiger charge is 2.32. The van der Waals surface area contributed by atoms with E-state index in [1.54, 1.807) is 18.2 Å². The van der Waals surface area contributed by atoms with Crippen LogP contribution in [0.3, 0.4) is 0 Å². The van der Waals surface area contributed by atoms with Crippen LogP contribution in [0.15, 0.2) is 65.6 Å². The number of hydrogen-bond donors (Lipinski definition) is 0. The molecule has 6 nitrogen and oxygen atoms in total. The van der Waals surface area contributed by atoms with Gasteiger partial charge in [0.05, 0.1) is 17.9 Å². The highest BCUT2D eigenvalue weighted by Crippen LogP contribution is 2.25. The molecule has 0 radical (unpaired) electrons. The van der Waals surface area contributed by atoms with Crippen molar-refractivity contribution in [1.29, 1.82) is 0 Å². The van der Waals surface area contributed by atoms with Gasteiger partial charge in [0.15, 0.2) is 0 Å². The van der Waals surface area contributed by atoms with Crippen LogP contribution in [0.1, 0.15) is 18.4 Å². The summed E-state index contributed by atoms with van der Waals surface area (Å²) in [6.07, 6.45) is 4.61. The largest absolute Gasteiger partial charge is 0.497 e. The molecule has 0 spiro atoms. The molecule has 7 heteroatoms. The first kappa shape index (κ1) is 21.1. The topological polar surface area (TPSA) is 72.9 Å². The Morgan fingerprint density at radius 3 is 2.34 bits per heavy atom. The van der Waals surface area contributed by atoms with Crippen LogP contribution in [0.2, 0.25) is 0 Å². The molecule has 29 heavy (non-hydrogen) atoms. The van der Waals surface area contributed by atoms with Gasteiger partial charge < -0.3 is 9.47 Å². The Kier molecular flexibility index (Phi) is 7.06. The highest BCUT2D eigenvalue weighted by molar-refractivity contribution is 7.89. The van der Waals surface area contributed by atoms with Crippen LogP contribution in [0.5, 0.6) is 5.75 Å². The Bertz CT molecular complexity index is 931. The number of hydrogen-bond acceptors (Lipinski definition) is 5. The van der Waals surface area contributed by atoms with E-state index < -0.39 is 10.0 Å². The van der Waals surface area contributed by atoms with Crippen molar-refractivity contribution < 1.29 is 22.7 Å². The molecular weight excluding hydrogens is 390 g/mol. The molecule has 1 fully saturated rings. The fraction of sp³-hybridized carbons (Fsp3) is 0.318. The zero-order valence-corrected chi connectivity index (χ0v) is 17.2. The number of piperidine rings is 1. The third kappa shape index (κ3) is 5.46. The van der Waals surface area contributed by atoms with Gasteiger partial charge in [0.1, 0.15) is 12.4 Å². The molecule has 0 aromatic heterocycles. The summed E-state index contributed by atoms with van der Waals surface area (Å²) < 4.78 is 37.4. The molecule has 1 aliphatic rings. The van der Waals surface area contributed by atoms with Crippen molar-refractivity contribution in [3.05, 3.63) is 66.2 Å². The minimum Gasteiger partial charge on any atom is -0.497 e. The minimum absolute atomic E-state index is 0.206. The summed E-state index contributed by atoms with van der Waals surface area (Å²) >= 11 is 0. The summed E-state index contributed by atoms with van der Waals surface area (Å²) in [7, 11) is -2.04. The van der Waals surface area contributed by atoms with E-state index in [2.05, 4.69) is 0 Å². The van der Waals surface area contributed by atoms with Gasteiger partial charge in [0.25, 0.3) is 0 Å². The van der Waals surface area contributed by atoms with Gasteiger partial charge in [-0.25, -0.2) is 8.42 Å². The third-order valence-electron chi connectivity index (χ3n) is 4.92. The monoisotopic (exact) mass is 415 g/mol. The minimum atomic E-state index is -3.57. The second kappa shape index (κ2) is 9.71. The first-order valence-corrected chi connectivity index (χ1v) is 11.0. The number of nitrogens with zero attached hydrogens (tertiary/aromatic N) is 1. The van der Waals surface area contributed by atoms with E-state index in [0.29, 0.717) is 31.7 Å². The molecule has 0 atom stereocenters. The van der Waals surface area contributed by atoms with Crippen LogP contribution in [0, 0.1) is 5.92 Å². The second-order valence-corrected chi connectivity index (χ2v) is 8.73. The third-order valence-corrected chi connectivity index (χ3v) is 6.83. The Morgan fingerprint density at radius 1 is 1.07 bits per heavy atom. The van der Waals surface area contributed by atoms with Gasteiger partial charge in [-0.3, -0.25) is 4.79 Å². The summed E-state index contributed by atoms with van der Waals surface area (Å²) in [4.78, 5) is 12.5. The van der Waals surface area contributed by atoms with Gasteiger partial charge in [-0.05, 0) is 48.7 Å².